The highest BCUT2D eigenvalue weighted by atomic mass is 35.5. The van der Waals surface area contributed by atoms with Gasteiger partial charge in [-0.1, -0.05) is 29.8 Å². The summed E-state index contributed by atoms with van der Waals surface area (Å²) in [6.07, 6.45) is 0.803. The van der Waals surface area contributed by atoms with E-state index in [0.29, 0.717) is 13.1 Å². The van der Waals surface area contributed by atoms with Crippen molar-refractivity contribution in [1.29, 1.82) is 0 Å². The van der Waals surface area contributed by atoms with E-state index in [1.807, 2.05) is 23.6 Å². The van der Waals surface area contributed by atoms with Crippen molar-refractivity contribution in [2.45, 2.75) is 13.3 Å². The quantitative estimate of drug-likeness (QED) is 0.833. The molecule has 0 aliphatic rings. The Labute approximate surface area is 129 Å². The molecule has 0 saturated carbocycles. The normalized spacial score (nSPS) is 9.90. The van der Waals surface area contributed by atoms with E-state index in [2.05, 4.69) is 24.4 Å². The number of carbonyl (C=O) groups excluding carboxylic acids is 1. The molecule has 0 spiro atoms. The minimum Gasteiger partial charge on any atom is -0.351 e. The largest absolute Gasteiger partial charge is 0.351 e. The third kappa shape index (κ3) is 4.07. The number of benzene rings is 1. The van der Waals surface area contributed by atoms with Crippen molar-refractivity contribution < 1.29 is 4.79 Å². The number of hydrogen-bond donors (Lipinski definition) is 2. The molecule has 1 heterocycles. The van der Waals surface area contributed by atoms with Crippen LogP contribution in [0.15, 0.2) is 35.7 Å². The minimum atomic E-state index is -0.0148. The molecule has 3 nitrogen and oxygen atoms in total. The average molecular weight is 311 g/mol. The molecule has 2 aromatic rings. The topological polar surface area (TPSA) is 55.1 Å². The second-order valence-electron chi connectivity index (χ2n) is 4.43. The van der Waals surface area contributed by atoms with Gasteiger partial charge in [0.2, 0.25) is 0 Å². The second kappa shape index (κ2) is 8.04. The second-order valence-corrected chi connectivity index (χ2v) is 5.34. The monoisotopic (exact) mass is 310 g/mol. The first-order valence-corrected chi connectivity index (χ1v) is 7.23. The van der Waals surface area contributed by atoms with Crippen molar-refractivity contribution in [2.75, 3.05) is 13.1 Å². The van der Waals surface area contributed by atoms with E-state index < -0.39 is 0 Å². The van der Waals surface area contributed by atoms with Crippen LogP contribution in [0.3, 0.4) is 0 Å². The molecule has 0 saturated heterocycles. The molecular weight excluding hydrogens is 292 g/mol. The summed E-state index contributed by atoms with van der Waals surface area (Å²) in [5.74, 6) is -0.0148. The van der Waals surface area contributed by atoms with Crippen LogP contribution < -0.4 is 11.1 Å². The van der Waals surface area contributed by atoms with Gasteiger partial charge in [-0.3, -0.25) is 4.79 Å². The molecule has 3 N–H and O–H groups in total. The standard InChI is InChI=1S/C15H18N2OS.ClH/c1-11-3-5-12(6-4-11)13-7-10-19-14(13)15(18)17-9-2-8-16;/h3-7,10H,2,8-9,16H2,1H3,(H,17,18);1H. The van der Waals surface area contributed by atoms with Crippen LogP contribution >= 0.6 is 23.7 Å². The highest BCUT2D eigenvalue weighted by Gasteiger charge is 2.13. The number of carbonyl (C=O) groups is 1. The molecule has 0 bridgehead atoms. The van der Waals surface area contributed by atoms with Gasteiger partial charge in [0.15, 0.2) is 0 Å². The molecule has 0 fully saturated rings. The Bertz CT molecular complexity index is 551. The third-order valence-electron chi connectivity index (χ3n) is 2.90. The van der Waals surface area contributed by atoms with Crippen LogP contribution in [0, 0.1) is 6.92 Å². The Hall–Kier alpha value is -1.36. The summed E-state index contributed by atoms with van der Waals surface area (Å²) in [5.41, 5.74) is 8.71. The Morgan fingerprint density at radius 3 is 2.60 bits per heavy atom. The zero-order valence-corrected chi connectivity index (χ0v) is 13.0. The predicted molar refractivity (Wildman–Crippen MR) is 87.7 cm³/mol. The van der Waals surface area contributed by atoms with Crippen LogP contribution in [0.2, 0.25) is 0 Å². The van der Waals surface area contributed by atoms with Crippen molar-refractivity contribution in [3.8, 4) is 11.1 Å². The van der Waals surface area contributed by atoms with Crippen LogP contribution in [0.4, 0.5) is 0 Å². The maximum Gasteiger partial charge on any atom is 0.261 e. The van der Waals surface area contributed by atoms with Gasteiger partial charge in [0.25, 0.3) is 5.91 Å². The fourth-order valence-corrected chi connectivity index (χ4v) is 2.66. The van der Waals surface area contributed by atoms with Crippen molar-refractivity contribution >= 4 is 29.7 Å². The SMILES string of the molecule is Cc1ccc(-c2ccsc2C(=O)NCCCN)cc1.Cl. The Morgan fingerprint density at radius 2 is 1.95 bits per heavy atom. The van der Waals surface area contributed by atoms with E-state index in [0.717, 1.165) is 22.4 Å². The van der Waals surface area contributed by atoms with Crippen LogP contribution in [-0.4, -0.2) is 19.0 Å². The maximum atomic E-state index is 12.1. The van der Waals surface area contributed by atoms with Crippen molar-refractivity contribution in [3.05, 3.63) is 46.2 Å². The summed E-state index contributed by atoms with van der Waals surface area (Å²) in [6.45, 7) is 3.27. The lowest BCUT2D eigenvalue weighted by molar-refractivity contribution is 0.0958. The van der Waals surface area contributed by atoms with E-state index in [1.54, 1.807) is 0 Å². The number of halogens is 1. The number of aryl methyl sites for hydroxylation is 1. The number of hydrogen-bond acceptors (Lipinski definition) is 3. The molecule has 0 unspecified atom stereocenters. The molecule has 1 aromatic carbocycles. The first-order valence-electron chi connectivity index (χ1n) is 6.35. The fraction of sp³-hybridized carbons (Fsp3) is 0.267. The molecule has 1 aromatic heterocycles. The van der Waals surface area contributed by atoms with Crippen LogP contribution in [0.1, 0.15) is 21.7 Å². The average Bonchev–Trinajstić information content (AvgIpc) is 2.89. The molecule has 0 radical (unpaired) electrons. The Balaban J connectivity index is 0.00000200. The molecule has 1 amide bonds. The van der Waals surface area contributed by atoms with Gasteiger partial charge < -0.3 is 11.1 Å². The molecular formula is C15H19ClN2OS. The van der Waals surface area contributed by atoms with E-state index >= 15 is 0 Å². The summed E-state index contributed by atoms with van der Waals surface area (Å²) in [6, 6.07) is 10.2. The summed E-state index contributed by atoms with van der Waals surface area (Å²) < 4.78 is 0. The molecule has 0 aliphatic carbocycles. The van der Waals surface area contributed by atoms with Crippen LogP contribution in [0.5, 0.6) is 0 Å². The van der Waals surface area contributed by atoms with Gasteiger partial charge in [0, 0.05) is 12.1 Å². The molecule has 0 aliphatic heterocycles. The lowest BCUT2D eigenvalue weighted by Gasteiger charge is -2.06. The van der Waals surface area contributed by atoms with Gasteiger partial charge in [-0.25, -0.2) is 0 Å². The molecule has 2 rings (SSSR count). The zero-order valence-electron chi connectivity index (χ0n) is 11.4. The highest BCUT2D eigenvalue weighted by Crippen LogP contribution is 2.28. The predicted octanol–water partition coefficient (Wildman–Crippen LogP) is 3.22. The maximum absolute atomic E-state index is 12.1. The lowest BCUT2D eigenvalue weighted by Crippen LogP contribution is -2.25. The van der Waals surface area contributed by atoms with Gasteiger partial charge in [0.05, 0.1) is 4.88 Å². The van der Waals surface area contributed by atoms with E-state index in [4.69, 9.17) is 5.73 Å². The van der Waals surface area contributed by atoms with Crippen LogP contribution in [0.25, 0.3) is 11.1 Å². The summed E-state index contributed by atoms with van der Waals surface area (Å²) in [4.78, 5) is 12.9. The van der Waals surface area contributed by atoms with Gasteiger partial charge in [-0.2, -0.15) is 0 Å². The minimum absolute atomic E-state index is 0. The van der Waals surface area contributed by atoms with Gasteiger partial charge >= 0.3 is 0 Å². The molecule has 0 atom stereocenters. The summed E-state index contributed by atoms with van der Waals surface area (Å²) in [7, 11) is 0. The smallest absolute Gasteiger partial charge is 0.261 e. The van der Waals surface area contributed by atoms with Crippen molar-refractivity contribution in [1.82, 2.24) is 5.32 Å². The van der Waals surface area contributed by atoms with E-state index in [-0.39, 0.29) is 18.3 Å². The number of nitrogens with two attached hydrogens (primary N) is 1. The van der Waals surface area contributed by atoms with Gasteiger partial charge in [-0.05, 0) is 36.9 Å². The summed E-state index contributed by atoms with van der Waals surface area (Å²) >= 11 is 1.47. The molecule has 20 heavy (non-hydrogen) atoms. The first kappa shape index (κ1) is 16.7. The number of amides is 1. The third-order valence-corrected chi connectivity index (χ3v) is 3.81. The Kier molecular flexibility index (Phi) is 6.71. The zero-order chi connectivity index (χ0) is 13.7. The van der Waals surface area contributed by atoms with Crippen LogP contribution in [-0.2, 0) is 0 Å². The first-order chi connectivity index (χ1) is 9.22. The number of rotatable bonds is 5. The Morgan fingerprint density at radius 1 is 1.25 bits per heavy atom. The summed E-state index contributed by atoms with van der Waals surface area (Å²) in [5, 5.41) is 4.85. The lowest BCUT2D eigenvalue weighted by atomic mass is 10.0. The molecule has 108 valence electrons. The van der Waals surface area contributed by atoms with E-state index in [9.17, 15) is 4.79 Å². The van der Waals surface area contributed by atoms with Gasteiger partial charge in [0.1, 0.15) is 0 Å². The van der Waals surface area contributed by atoms with Gasteiger partial charge in [-0.15, -0.1) is 23.7 Å². The number of thiophene rings is 1. The van der Waals surface area contributed by atoms with E-state index in [1.165, 1.54) is 16.9 Å². The fourth-order valence-electron chi connectivity index (χ4n) is 1.83. The van der Waals surface area contributed by atoms with Crippen molar-refractivity contribution in [2.24, 2.45) is 5.73 Å². The highest BCUT2D eigenvalue weighted by molar-refractivity contribution is 7.12. The number of nitrogens with one attached hydrogen (secondary N) is 1. The molecule has 5 heteroatoms. The van der Waals surface area contributed by atoms with Crippen molar-refractivity contribution in [3.63, 3.8) is 0 Å².